The predicted octanol–water partition coefficient (Wildman–Crippen LogP) is -0.143. The quantitative estimate of drug-likeness (QED) is 0.831. The first kappa shape index (κ1) is 15.0. The number of rotatable bonds is 4. The number of carbonyl (C=O) groups is 2. The molecule has 8 heteroatoms. The Kier molecular flexibility index (Phi) is 3.65. The van der Waals surface area contributed by atoms with Crippen LogP contribution in [0, 0.1) is 5.92 Å². The number of carboxylic acid groups (broad SMARTS) is 1. The van der Waals surface area contributed by atoms with E-state index in [9.17, 15) is 18.0 Å². The van der Waals surface area contributed by atoms with Crippen molar-refractivity contribution < 1.29 is 23.1 Å². The van der Waals surface area contributed by atoms with E-state index in [0.717, 1.165) is 0 Å². The largest absolute Gasteiger partial charge is 0.481 e. The molecule has 118 valence electrons. The Balaban J connectivity index is 1.57. The van der Waals surface area contributed by atoms with Gasteiger partial charge >= 0.3 is 5.97 Å². The average Bonchev–Trinajstić information content (AvgIpc) is 2.34. The highest BCUT2D eigenvalue weighted by Crippen LogP contribution is 2.27. The van der Waals surface area contributed by atoms with Crippen LogP contribution in [-0.2, 0) is 14.8 Å². The molecule has 0 aliphatic carbocycles. The molecule has 1 N–H and O–H groups in total. The van der Waals surface area contributed by atoms with E-state index in [2.05, 4.69) is 0 Å². The smallest absolute Gasteiger partial charge is 0.309 e. The Morgan fingerprint density at radius 2 is 1.64 bits per heavy atom. The molecule has 1 aromatic carbocycles. The monoisotopic (exact) mass is 324 g/mol. The maximum atomic E-state index is 12.3. The highest BCUT2D eigenvalue weighted by molar-refractivity contribution is 7.89. The first-order valence-corrected chi connectivity index (χ1v) is 8.46. The summed E-state index contributed by atoms with van der Waals surface area (Å²) in [5, 5.41) is 8.16. The normalized spacial score (nSPS) is 20.3. The maximum Gasteiger partial charge on any atom is 0.309 e. The number of aliphatic carboxylic acids is 1. The van der Waals surface area contributed by atoms with Crippen molar-refractivity contribution in [3.8, 4) is 0 Å². The van der Waals surface area contributed by atoms with Gasteiger partial charge in [-0.1, -0.05) is 18.2 Å². The topological polar surface area (TPSA) is 95.0 Å². The molecule has 3 rings (SSSR count). The molecule has 0 aromatic heterocycles. The fraction of sp³-hybridized carbons (Fsp3) is 0.429. The zero-order valence-electron chi connectivity index (χ0n) is 11.8. The summed E-state index contributed by atoms with van der Waals surface area (Å²) in [6.07, 6.45) is 0. The van der Waals surface area contributed by atoms with E-state index in [1.807, 2.05) is 6.07 Å². The van der Waals surface area contributed by atoms with E-state index in [1.54, 1.807) is 24.3 Å². The number of likely N-dealkylation sites (tertiary alicyclic amines) is 1. The number of amides is 1. The molecule has 2 saturated heterocycles. The van der Waals surface area contributed by atoms with E-state index in [1.165, 1.54) is 9.21 Å². The third kappa shape index (κ3) is 2.48. The molecule has 1 amide bonds. The number of hydrogen-bond acceptors (Lipinski definition) is 4. The summed E-state index contributed by atoms with van der Waals surface area (Å²) >= 11 is 0. The Morgan fingerprint density at radius 1 is 1.05 bits per heavy atom. The van der Waals surface area contributed by atoms with Gasteiger partial charge in [-0.3, -0.25) is 9.59 Å². The Labute approximate surface area is 128 Å². The van der Waals surface area contributed by atoms with Gasteiger partial charge in [0.25, 0.3) is 5.91 Å². The minimum absolute atomic E-state index is 0.0286. The summed E-state index contributed by atoms with van der Waals surface area (Å²) in [6, 6.07) is 8.71. The molecule has 0 bridgehead atoms. The molecule has 0 spiro atoms. The molecular weight excluding hydrogens is 308 g/mol. The van der Waals surface area contributed by atoms with Crippen LogP contribution in [0.25, 0.3) is 0 Å². The average molecular weight is 324 g/mol. The van der Waals surface area contributed by atoms with Crippen LogP contribution in [0.15, 0.2) is 30.3 Å². The minimum atomic E-state index is -3.50. The number of benzene rings is 1. The first-order valence-electron chi connectivity index (χ1n) is 6.95. The molecule has 2 fully saturated rings. The van der Waals surface area contributed by atoms with E-state index >= 15 is 0 Å². The number of hydrogen-bond donors (Lipinski definition) is 1. The maximum absolute atomic E-state index is 12.3. The van der Waals surface area contributed by atoms with Crippen LogP contribution < -0.4 is 0 Å². The Hall–Kier alpha value is -1.93. The fourth-order valence-electron chi connectivity index (χ4n) is 2.57. The third-order valence-electron chi connectivity index (χ3n) is 4.13. The van der Waals surface area contributed by atoms with Gasteiger partial charge in [0.05, 0.1) is 5.92 Å². The molecule has 2 heterocycles. The zero-order chi connectivity index (χ0) is 15.9. The van der Waals surface area contributed by atoms with Gasteiger partial charge in [0, 0.05) is 31.7 Å². The van der Waals surface area contributed by atoms with Gasteiger partial charge in [-0.25, -0.2) is 8.42 Å². The number of sulfonamides is 1. The van der Waals surface area contributed by atoms with Crippen molar-refractivity contribution in [2.24, 2.45) is 5.92 Å². The summed E-state index contributed by atoms with van der Waals surface area (Å²) < 4.78 is 25.7. The summed E-state index contributed by atoms with van der Waals surface area (Å²) in [7, 11) is -3.50. The van der Waals surface area contributed by atoms with E-state index in [-0.39, 0.29) is 32.1 Å². The number of carbonyl (C=O) groups excluding carboxylic acids is 1. The molecule has 1 aromatic rings. The molecule has 0 saturated carbocycles. The fourth-order valence-corrected chi connectivity index (χ4v) is 4.50. The van der Waals surface area contributed by atoms with Gasteiger partial charge in [-0.05, 0) is 12.1 Å². The highest BCUT2D eigenvalue weighted by atomic mass is 32.2. The van der Waals surface area contributed by atoms with Gasteiger partial charge in [-0.15, -0.1) is 0 Å². The zero-order valence-corrected chi connectivity index (χ0v) is 12.6. The first-order chi connectivity index (χ1) is 10.4. The second-order valence-corrected chi connectivity index (χ2v) is 7.81. The third-order valence-corrected chi connectivity index (χ3v) is 6.29. The Bertz CT molecular complexity index is 691. The van der Waals surface area contributed by atoms with Crippen molar-refractivity contribution >= 4 is 21.9 Å². The van der Waals surface area contributed by atoms with Gasteiger partial charge in [0.15, 0.2) is 0 Å². The predicted molar refractivity (Wildman–Crippen MR) is 77.8 cm³/mol. The molecule has 7 nitrogen and oxygen atoms in total. The lowest BCUT2D eigenvalue weighted by molar-refractivity contribution is -0.145. The molecule has 0 atom stereocenters. The van der Waals surface area contributed by atoms with Crippen LogP contribution >= 0.6 is 0 Å². The lowest BCUT2D eigenvalue weighted by Crippen LogP contribution is -2.63. The van der Waals surface area contributed by atoms with Crippen molar-refractivity contribution in [3.63, 3.8) is 0 Å². The summed E-state index contributed by atoms with van der Waals surface area (Å²) in [6.45, 7) is 0.371. The van der Waals surface area contributed by atoms with Crippen LogP contribution in [0.5, 0.6) is 0 Å². The molecule has 2 aliphatic rings. The van der Waals surface area contributed by atoms with Crippen LogP contribution in [0.4, 0.5) is 0 Å². The Morgan fingerprint density at radius 3 is 2.18 bits per heavy atom. The van der Waals surface area contributed by atoms with Gasteiger partial charge in [0.1, 0.15) is 5.25 Å². The number of carboxylic acids is 1. The highest BCUT2D eigenvalue weighted by Gasteiger charge is 2.48. The molecular formula is C14H16N2O5S. The van der Waals surface area contributed by atoms with Gasteiger partial charge in [0.2, 0.25) is 10.0 Å². The lowest BCUT2D eigenvalue weighted by atomic mass is 10.0. The van der Waals surface area contributed by atoms with Crippen LogP contribution in [-0.4, -0.2) is 66.0 Å². The van der Waals surface area contributed by atoms with Crippen LogP contribution in [0.1, 0.15) is 10.4 Å². The molecule has 2 aliphatic heterocycles. The second-order valence-electron chi connectivity index (χ2n) is 5.60. The van der Waals surface area contributed by atoms with Crippen molar-refractivity contribution in [2.45, 2.75) is 5.25 Å². The summed E-state index contributed by atoms with van der Waals surface area (Å²) in [4.78, 5) is 24.4. The van der Waals surface area contributed by atoms with E-state index in [0.29, 0.717) is 5.56 Å². The molecule has 22 heavy (non-hydrogen) atoms. The molecule has 0 unspecified atom stereocenters. The lowest BCUT2D eigenvalue weighted by Gasteiger charge is -2.44. The SMILES string of the molecule is O=C(O)C1CN(S(=O)(=O)C2CN(C(=O)c3ccccc3)C2)C1. The van der Waals surface area contributed by atoms with Crippen molar-refractivity contribution in [2.75, 3.05) is 26.2 Å². The minimum Gasteiger partial charge on any atom is -0.481 e. The van der Waals surface area contributed by atoms with E-state index in [4.69, 9.17) is 5.11 Å². The summed E-state index contributed by atoms with van der Waals surface area (Å²) in [5.41, 5.74) is 0.535. The van der Waals surface area contributed by atoms with Crippen LogP contribution in [0.3, 0.4) is 0 Å². The van der Waals surface area contributed by atoms with Crippen molar-refractivity contribution in [1.82, 2.24) is 9.21 Å². The van der Waals surface area contributed by atoms with Gasteiger partial charge < -0.3 is 10.0 Å². The second kappa shape index (κ2) is 5.36. The van der Waals surface area contributed by atoms with Crippen molar-refractivity contribution in [3.05, 3.63) is 35.9 Å². The standard InChI is InChI=1S/C14H16N2O5S/c17-13(10-4-2-1-3-5-10)15-8-12(9-15)22(20,21)16-6-11(7-16)14(18)19/h1-5,11-12H,6-9H2,(H,18,19). The summed E-state index contributed by atoms with van der Waals surface area (Å²) in [5.74, 6) is -1.77. The van der Waals surface area contributed by atoms with Crippen LogP contribution in [0.2, 0.25) is 0 Å². The van der Waals surface area contributed by atoms with Crippen molar-refractivity contribution in [1.29, 1.82) is 0 Å². The van der Waals surface area contributed by atoms with Gasteiger partial charge in [-0.2, -0.15) is 4.31 Å². The molecule has 0 radical (unpaired) electrons. The van der Waals surface area contributed by atoms with E-state index < -0.39 is 27.2 Å². The number of nitrogens with zero attached hydrogens (tertiary/aromatic N) is 2.